The Balaban J connectivity index is 2.82. The third kappa shape index (κ3) is 2.70. The molecule has 0 atom stereocenters. The number of nitrogens with zero attached hydrogens (tertiary/aromatic N) is 1. The SMILES string of the molecule is C=C/C=C\c1nc(CCC)sc1N. The average Bonchev–Trinajstić information content (AvgIpc) is 2.44. The molecular formula is C10H14N2S. The van der Waals surface area contributed by atoms with Crippen LogP contribution in [0.5, 0.6) is 0 Å². The number of nitrogen functional groups attached to an aromatic ring is 1. The standard InChI is InChI=1S/C10H14N2S/c1-3-5-7-8-10(11)13-9(12-8)6-4-2/h3,5,7H,1,4,6,11H2,2H3/b7-5-. The predicted octanol–water partition coefficient (Wildman–Crippen LogP) is 2.88. The molecular weight excluding hydrogens is 180 g/mol. The van der Waals surface area contributed by atoms with Crippen molar-refractivity contribution in [3.63, 3.8) is 0 Å². The molecule has 3 heteroatoms. The highest BCUT2D eigenvalue weighted by Gasteiger charge is 2.03. The minimum Gasteiger partial charge on any atom is -0.389 e. The van der Waals surface area contributed by atoms with Crippen LogP contribution in [0.4, 0.5) is 5.00 Å². The van der Waals surface area contributed by atoms with Crippen molar-refractivity contribution < 1.29 is 0 Å². The van der Waals surface area contributed by atoms with E-state index >= 15 is 0 Å². The molecule has 2 nitrogen and oxygen atoms in total. The van der Waals surface area contributed by atoms with Crippen molar-refractivity contribution in [3.05, 3.63) is 29.4 Å². The fourth-order valence-corrected chi connectivity index (χ4v) is 1.91. The van der Waals surface area contributed by atoms with Crippen molar-refractivity contribution in [2.75, 3.05) is 5.73 Å². The molecule has 1 aromatic rings. The van der Waals surface area contributed by atoms with Gasteiger partial charge in [0.05, 0.1) is 10.7 Å². The van der Waals surface area contributed by atoms with Gasteiger partial charge in [-0.05, 0) is 18.9 Å². The maximum atomic E-state index is 5.78. The highest BCUT2D eigenvalue weighted by atomic mass is 32.1. The molecule has 2 N–H and O–H groups in total. The van der Waals surface area contributed by atoms with Crippen LogP contribution in [0.2, 0.25) is 0 Å². The van der Waals surface area contributed by atoms with Gasteiger partial charge in [0.25, 0.3) is 0 Å². The average molecular weight is 194 g/mol. The van der Waals surface area contributed by atoms with Gasteiger partial charge in [-0.25, -0.2) is 4.98 Å². The van der Waals surface area contributed by atoms with E-state index in [2.05, 4.69) is 18.5 Å². The summed E-state index contributed by atoms with van der Waals surface area (Å²) in [6.45, 7) is 5.73. The first-order valence-corrected chi connectivity index (χ1v) is 5.13. The van der Waals surface area contributed by atoms with Gasteiger partial charge in [0, 0.05) is 0 Å². The van der Waals surface area contributed by atoms with Crippen LogP contribution in [0.15, 0.2) is 18.7 Å². The van der Waals surface area contributed by atoms with Crippen molar-refractivity contribution in [1.29, 1.82) is 0 Å². The number of anilines is 1. The molecule has 70 valence electrons. The van der Waals surface area contributed by atoms with Gasteiger partial charge in [-0.2, -0.15) is 0 Å². The Morgan fingerprint density at radius 2 is 2.38 bits per heavy atom. The van der Waals surface area contributed by atoms with Crippen molar-refractivity contribution in [2.45, 2.75) is 19.8 Å². The predicted molar refractivity (Wildman–Crippen MR) is 59.8 cm³/mol. The van der Waals surface area contributed by atoms with E-state index in [1.165, 1.54) is 0 Å². The van der Waals surface area contributed by atoms with Crippen LogP contribution in [-0.4, -0.2) is 4.98 Å². The molecule has 1 heterocycles. The van der Waals surface area contributed by atoms with E-state index in [9.17, 15) is 0 Å². The lowest BCUT2D eigenvalue weighted by Gasteiger charge is -1.86. The summed E-state index contributed by atoms with van der Waals surface area (Å²) in [6, 6.07) is 0. The van der Waals surface area contributed by atoms with E-state index in [4.69, 9.17) is 5.73 Å². The summed E-state index contributed by atoms with van der Waals surface area (Å²) in [5.74, 6) is 0. The number of hydrogen-bond donors (Lipinski definition) is 1. The lowest BCUT2D eigenvalue weighted by atomic mass is 10.3. The second kappa shape index (κ2) is 4.82. The van der Waals surface area contributed by atoms with Gasteiger partial charge in [-0.3, -0.25) is 0 Å². The Morgan fingerprint density at radius 1 is 1.62 bits per heavy atom. The second-order valence-corrected chi connectivity index (χ2v) is 3.82. The summed E-state index contributed by atoms with van der Waals surface area (Å²) >= 11 is 1.57. The molecule has 0 spiro atoms. The molecule has 1 aromatic heterocycles. The van der Waals surface area contributed by atoms with Gasteiger partial charge in [-0.15, -0.1) is 11.3 Å². The normalized spacial score (nSPS) is 10.8. The van der Waals surface area contributed by atoms with Crippen molar-refractivity contribution in [3.8, 4) is 0 Å². The van der Waals surface area contributed by atoms with Crippen LogP contribution in [-0.2, 0) is 6.42 Å². The first-order chi connectivity index (χ1) is 6.27. The summed E-state index contributed by atoms with van der Waals surface area (Å²) in [5.41, 5.74) is 6.65. The molecule has 0 aliphatic carbocycles. The highest BCUT2D eigenvalue weighted by molar-refractivity contribution is 7.15. The largest absolute Gasteiger partial charge is 0.389 e. The van der Waals surface area contributed by atoms with Gasteiger partial charge < -0.3 is 5.73 Å². The topological polar surface area (TPSA) is 38.9 Å². The summed E-state index contributed by atoms with van der Waals surface area (Å²) in [6.07, 6.45) is 7.58. The van der Waals surface area contributed by atoms with Crippen LogP contribution in [0.3, 0.4) is 0 Å². The van der Waals surface area contributed by atoms with E-state index in [0.29, 0.717) is 0 Å². The number of allylic oxidation sites excluding steroid dienone is 2. The molecule has 0 aliphatic rings. The highest BCUT2D eigenvalue weighted by Crippen LogP contribution is 2.23. The number of aromatic nitrogens is 1. The number of hydrogen-bond acceptors (Lipinski definition) is 3. The first kappa shape index (κ1) is 9.99. The van der Waals surface area contributed by atoms with Crippen LogP contribution in [0.1, 0.15) is 24.0 Å². The summed E-state index contributed by atoms with van der Waals surface area (Å²) in [4.78, 5) is 4.40. The third-order valence-electron chi connectivity index (χ3n) is 1.58. The molecule has 1 rings (SSSR count). The minimum absolute atomic E-state index is 0.793. The van der Waals surface area contributed by atoms with Crippen molar-refractivity contribution >= 4 is 22.4 Å². The minimum atomic E-state index is 0.793. The Bertz CT molecular complexity index is 313. The Kier molecular flexibility index (Phi) is 3.71. The maximum Gasteiger partial charge on any atom is 0.114 e. The molecule has 0 saturated carbocycles. The monoisotopic (exact) mass is 194 g/mol. The molecule has 0 fully saturated rings. The van der Waals surface area contributed by atoms with Crippen LogP contribution in [0.25, 0.3) is 6.08 Å². The van der Waals surface area contributed by atoms with Crippen molar-refractivity contribution in [2.24, 2.45) is 0 Å². The van der Waals surface area contributed by atoms with E-state index in [1.807, 2.05) is 12.2 Å². The van der Waals surface area contributed by atoms with E-state index in [-0.39, 0.29) is 0 Å². The zero-order chi connectivity index (χ0) is 9.68. The zero-order valence-electron chi connectivity index (χ0n) is 7.79. The fourth-order valence-electron chi connectivity index (χ4n) is 0.991. The van der Waals surface area contributed by atoms with E-state index in [0.717, 1.165) is 28.5 Å². The smallest absolute Gasteiger partial charge is 0.114 e. The number of rotatable bonds is 4. The summed E-state index contributed by atoms with van der Waals surface area (Å²) in [5, 5.41) is 1.91. The molecule has 0 saturated heterocycles. The number of thiazole rings is 1. The second-order valence-electron chi connectivity index (χ2n) is 2.70. The first-order valence-electron chi connectivity index (χ1n) is 4.32. The molecule has 0 radical (unpaired) electrons. The summed E-state index contributed by atoms with van der Waals surface area (Å²) < 4.78 is 0. The molecule has 0 aliphatic heterocycles. The zero-order valence-corrected chi connectivity index (χ0v) is 8.60. The van der Waals surface area contributed by atoms with Gasteiger partial charge in [0.1, 0.15) is 5.00 Å². The van der Waals surface area contributed by atoms with Crippen LogP contribution >= 0.6 is 11.3 Å². The Hall–Kier alpha value is -1.09. The lowest BCUT2D eigenvalue weighted by molar-refractivity contribution is 0.907. The fraction of sp³-hybridized carbons (Fsp3) is 0.300. The van der Waals surface area contributed by atoms with Gasteiger partial charge in [0.15, 0.2) is 0 Å². The molecule has 0 amide bonds. The van der Waals surface area contributed by atoms with Gasteiger partial charge in [0.2, 0.25) is 0 Å². The number of aryl methyl sites for hydroxylation is 1. The van der Waals surface area contributed by atoms with Crippen LogP contribution < -0.4 is 5.73 Å². The Labute approximate surface area is 82.8 Å². The van der Waals surface area contributed by atoms with Crippen molar-refractivity contribution in [1.82, 2.24) is 4.98 Å². The summed E-state index contributed by atoms with van der Waals surface area (Å²) in [7, 11) is 0. The third-order valence-corrected chi connectivity index (χ3v) is 2.54. The van der Waals surface area contributed by atoms with E-state index in [1.54, 1.807) is 17.4 Å². The molecule has 0 bridgehead atoms. The molecule has 0 aromatic carbocycles. The lowest BCUT2D eigenvalue weighted by Crippen LogP contribution is -1.83. The molecule has 0 unspecified atom stereocenters. The maximum absolute atomic E-state index is 5.78. The Morgan fingerprint density at radius 3 is 3.00 bits per heavy atom. The quantitative estimate of drug-likeness (QED) is 0.748. The van der Waals surface area contributed by atoms with E-state index < -0.39 is 0 Å². The van der Waals surface area contributed by atoms with Gasteiger partial charge >= 0.3 is 0 Å². The van der Waals surface area contributed by atoms with Crippen LogP contribution in [0, 0.1) is 0 Å². The molecule has 13 heavy (non-hydrogen) atoms. The van der Waals surface area contributed by atoms with Gasteiger partial charge in [-0.1, -0.05) is 25.7 Å². The number of nitrogens with two attached hydrogens (primary N) is 1.